The third-order valence-electron chi connectivity index (χ3n) is 1.11. The Morgan fingerprint density at radius 1 is 1.50 bits per heavy atom. The Morgan fingerprint density at radius 2 is 2.07 bits per heavy atom. The Hall–Kier alpha value is -0.820. The maximum atomic E-state index is 11.2. The van der Waals surface area contributed by atoms with Crippen molar-refractivity contribution in [3.63, 3.8) is 0 Å². The predicted octanol–water partition coefficient (Wildman–Crippen LogP) is 2.22. The van der Waals surface area contributed by atoms with Gasteiger partial charge in [0.2, 0.25) is 0 Å². The minimum Gasteiger partial charge on any atom is -0.444 e. The van der Waals surface area contributed by atoms with E-state index in [1.165, 1.54) is 11.8 Å². The van der Waals surface area contributed by atoms with Crippen molar-refractivity contribution in [1.82, 2.24) is 5.32 Å². The van der Waals surface area contributed by atoms with Crippen molar-refractivity contribution in [2.75, 3.05) is 6.26 Å². The van der Waals surface area contributed by atoms with E-state index < -0.39 is 11.7 Å². The molecule has 0 unspecified atom stereocenters. The summed E-state index contributed by atoms with van der Waals surface area (Å²) in [6.45, 7) is 7.29. The van der Waals surface area contributed by atoms with Crippen LogP contribution in [0.25, 0.3) is 0 Å². The highest BCUT2D eigenvalue weighted by molar-refractivity contribution is 8.03. The number of nitrogens with one attached hydrogen (secondary N) is 1. The summed E-state index contributed by atoms with van der Waals surface area (Å²) >= 11 is 1.42. The van der Waals surface area contributed by atoms with Crippen molar-refractivity contribution in [3.8, 4) is 11.2 Å². The number of amides is 1. The van der Waals surface area contributed by atoms with Crippen molar-refractivity contribution in [3.05, 3.63) is 0 Å². The van der Waals surface area contributed by atoms with E-state index >= 15 is 0 Å². The van der Waals surface area contributed by atoms with Gasteiger partial charge in [0.1, 0.15) is 5.60 Å². The maximum absolute atomic E-state index is 11.2. The topological polar surface area (TPSA) is 38.3 Å². The zero-order valence-corrected chi connectivity index (χ0v) is 10.1. The summed E-state index contributed by atoms with van der Waals surface area (Å²) in [5, 5.41) is 5.44. The third kappa shape index (κ3) is 7.81. The van der Waals surface area contributed by atoms with E-state index in [2.05, 4.69) is 16.5 Å². The summed E-state index contributed by atoms with van der Waals surface area (Å²) in [7, 11) is 0. The third-order valence-corrected chi connectivity index (χ3v) is 1.43. The second-order valence-electron chi connectivity index (χ2n) is 3.82. The molecule has 3 nitrogen and oxygen atoms in total. The van der Waals surface area contributed by atoms with Crippen LogP contribution in [-0.4, -0.2) is 24.0 Å². The van der Waals surface area contributed by atoms with Crippen LogP contribution in [0.3, 0.4) is 0 Å². The lowest BCUT2D eigenvalue weighted by Gasteiger charge is -2.20. The van der Waals surface area contributed by atoms with Gasteiger partial charge in [0.05, 0.1) is 6.04 Å². The van der Waals surface area contributed by atoms with Gasteiger partial charge in [0, 0.05) is 0 Å². The van der Waals surface area contributed by atoms with Gasteiger partial charge in [0.25, 0.3) is 0 Å². The molecular weight excluding hydrogens is 198 g/mol. The standard InChI is InChI=1S/C10H17NO2S/c1-8(6-7-14-5)11-9(12)13-10(2,3)4/h8H,1-5H3,(H,11,12)/t8-/m1/s1. The fourth-order valence-corrected chi connectivity index (χ4v) is 0.962. The molecule has 0 aliphatic rings. The molecule has 0 bridgehead atoms. The summed E-state index contributed by atoms with van der Waals surface area (Å²) in [4.78, 5) is 11.2. The van der Waals surface area contributed by atoms with Crippen LogP contribution in [0.4, 0.5) is 4.79 Å². The van der Waals surface area contributed by atoms with Crippen LogP contribution in [0.15, 0.2) is 0 Å². The molecule has 0 aliphatic carbocycles. The van der Waals surface area contributed by atoms with Crippen molar-refractivity contribution >= 4 is 17.9 Å². The monoisotopic (exact) mass is 215 g/mol. The van der Waals surface area contributed by atoms with Crippen molar-refractivity contribution in [2.24, 2.45) is 0 Å². The molecule has 0 aromatic heterocycles. The molecule has 0 aromatic carbocycles. The number of ether oxygens (including phenoxy) is 1. The van der Waals surface area contributed by atoms with Gasteiger partial charge in [-0.3, -0.25) is 0 Å². The molecule has 0 saturated carbocycles. The quantitative estimate of drug-likeness (QED) is 0.682. The molecule has 0 heterocycles. The maximum Gasteiger partial charge on any atom is 0.408 e. The minimum atomic E-state index is -0.462. The summed E-state index contributed by atoms with van der Waals surface area (Å²) in [5.41, 5.74) is -0.462. The summed E-state index contributed by atoms with van der Waals surface area (Å²) in [5.74, 6) is 2.85. The lowest BCUT2D eigenvalue weighted by molar-refractivity contribution is 0.0519. The molecule has 1 N–H and O–H groups in total. The molecule has 1 atom stereocenters. The van der Waals surface area contributed by atoms with E-state index in [-0.39, 0.29) is 6.04 Å². The van der Waals surface area contributed by atoms with Crippen LogP contribution < -0.4 is 5.32 Å². The predicted molar refractivity (Wildman–Crippen MR) is 60.1 cm³/mol. The Labute approximate surface area is 90.0 Å². The molecule has 0 rings (SSSR count). The first-order chi connectivity index (χ1) is 6.35. The number of hydrogen-bond donors (Lipinski definition) is 1. The number of hydrogen-bond acceptors (Lipinski definition) is 3. The average molecular weight is 215 g/mol. The second kappa shape index (κ2) is 5.82. The fourth-order valence-electron chi connectivity index (χ4n) is 0.668. The van der Waals surface area contributed by atoms with Crippen molar-refractivity contribution in [1.29, 1.82) is 0 Å². The Morgan fingerprint density at radius 3 is 2.50 bits per heavy atom. The molecule has 1 amide bonds. The fraction of sp³-hybridized carbons (Fsp3) is 0.700. The SMILES string of the molecule is CSC#C[C@@H](C)NC(=O)OC(C)(C)C. The second-order valence-corrected chi connectivity index (χ2v) is 4.43. The largest absolute Gasteiger partial charge is 0.444 e. The first kappa shape index (κ1) is 13.2. The first-order valence-electron chi connectivity index (χ1n) is 4.38. The van der Waals surface area contributed by atoms with E-state index in [1.54, 1.807) is 0 Å². The van der Waals surface area contributed by atoms with Crippen molar-refractivity contribution in [2.45, 2.75) is 39.3 Å². The van der Waals surface area contributed by atoms with E-state index in [0.29, 0.717) is 0 Å². The van der Waals surface area contributed by atoms with Gasteiger partial charge in [-0.25, -0.2) is 4.79 Å². The Bertz CT molecular complexity index is 247. The zero-order valence-electron chi connectivity index (χ0n) is 9.30. The van der Waals surface area contributed by atoms with E-state index in [1.807, 2.05) is 34.0 Å². The number of carbonyl (C=O) groups excluding carboxylic acids is 1. The Kier molecular flexibility index (Phi) is 5.47. The smallest absolute Gasteiger partial charge is 0.408 e. The number of rotatable bonds is 1. The van der Waals surface area contributed by atoms with Crippen LogP contribution in [0, 0.1) is 11.2 Å². The highest BCUT2D eigenvalue weighted by Crippen LogP contribution is 2.06. The van der Waals surface area contributed by atoms with Gasteiger partial charge in [-0.05, 0) is 39.2 Å². The molecule has 0 aromatic rings. The highest BCUT2D eigenvalue weighted by Gasteiger charge is 2.16. The lowest BCUT2D eigenvalue weighted by Crippen LogP contribution is -2.36. The molecule has 0 saturated heterocycles. The van der Waals surface area contributed by atoms with Gasteiger partial charge in [-0.1, -0.05) is 17.7 Å². The average Bonchev–Trinajstić information content (AvgIpc) is 1.96. The van der Waals surface area contributed by atoms with Gasteiger partial charge in [-0.15, -0.1) is 0 Å². The van der Waals surface area contributed by atoms with Crippen LogP contribution in [0.5, 0.6) is 0 Å². The van der Waals surface area contributed by atoms with Crippen molar-refractivity contribution < 1.29 is 9.53 Å². The number of thioether (sulfide) groups is 1. The van der Waals surface area contributed by atoms with E-state index in [9.17, 15) is 4.79 Å². The normalized spacial score (nSPS) is 12.4. The molecule has 0 fully saturated rings. The molecule has 0 aliphatic heterocycles. The summed E-state index contributed by atoms with van der Waals surface area (Å²) in [6, 6.07) is -0.183. The molecule has 80 valence electrons. The van der Waals surface area contributed by atoms with Gasteiger partial charge in [-0.2, -0.15) is 0 Å². The van der Waals surface area contributed by atoms with Gasteiger partial charge < -0.3 is 10.1 Å². The first-order valence-corrected chi connectivity index (χ1v) is 5.60. The molecule has 4 heteroatoms. The molecule has 0 radical (unpaired) electrons. The minimum absolute atomic E-state index is 0.183. The van der Waals surface area contributed by atoms with Crippen LogP contribution >= 0.6 is 11.8 Å². The summed E-state index contributed by atoms with van der Waals surface area (Å²) in [6.07, 6.45) is 1.45. The number of alkyl carbamates (subject to hydrolysis) is 1. The molecule has 0 spiro atoms. The van der Waals surface area contributed by atoms with E-state index in [0.717, 1.165) is 0 Å². The van der Waals surface area contributed by atoms with Gasteiger partial charge >= 0.3 is 6.09 Å². The Balaban J connectivity index is 3.95. The lowest BCUT2D eigenvalue weighted by atomic mass is 10.2. The van der Waals surface area contributed by atoms with E-state index in [4.69, 9.17) is 4.74 Å². The van der Waals surface area contributed by atoms with Gasteiger partial charge in [0.15, 0.2) is 0 Å². The highest BCUT2D eigenvalue weighted by atomic mass is 32.2. The zero-order chi connectivity index (χ0) is 11.2. The van der Waals surface area contributed by atoms with Crippen LogP contribution in [0.1, 0.15) is 27.7 Å². The summed E-state index contributed by atoms with van der Waals surface area (Å²) < 4.78 is 5.06. The van der Waals surface area contributed by atoms with Crippen LogP contribution in [0.2, 0.25) is 0 Å². The molecule has 14 heavy (non-hydrogen) atoms. The molecular formula is C10H17NO2S. The van der Waals surface area contributed by atoms with Crippen LogP contribution in [-0.2, 0) is 4.74 Å². The number of carbonyl (C=O) groups is 1.